The molecule has 1 aliphatic carbocycles. The molecule has 1 aromatic heterocycles. The van der Waals surface area contributed by atoms with Gasteiger partial charge in [-0.05, 0) is 86.6 Å². The van der Waals surface area contributed by atoms with Gasteiger partial charge < -0.3 is 9.32 Å². The largest absolute Gasteiger partial charge is 0.456 e. The lowest BCUT2D eigenvalue weighted by atomic mass is 9.82. The minimum Gasteiger partial charge on any atom is -0.456 e. The van der Waals surface area contributed by atoms with Gasteiger partial charge in [-0.3, -0.25) is 0 Å². The van der Waals surface area contributed by atoms with E-state index in [2.05, 4.69) is 189 Å². The topological polar surface area (TPSA) is 16.4 Å². The standard InChI is InChI=1S/C49H35NO/c1-49(2)41-19-8-5-16-39(41)48-42(49)20-12-22-44(48)50(36-29-27-33(28-30-36)35-26-25-32-13-3-4-14-34(32)31-35)43-21-9-6-15-37(43)38-18-11-24-46-47(38)40-17-7-10-23-45(40)51-46/h3-31H,1-2H3. The van der Waals surface area contributed by atoms with E-state index in [1.165, 1.54) is 49.8 Å². The smallest absolute Gasteiger partial charge is 0.136 e. The number of furan rings is 1. The number of rotatable bonds is 5. The fourth-order valence-electron chi connectivity index (χ4n) is 8.40. The van der Waals surface area contributed by atoms with Gasteiger partial charge in [0.2, 0.25) is 0 Å². The minimum atomic E-state index is -0.117. The highest BCUT2D eigenvalue weighted by molar-refractivity contribution is 6.14. The molecule has 1 aliphatic rings. The Morgan fingerprint density at radius 3 is 1.96 bits per heavy atom. The summed E-state index contributed by atoms with van der Waals surface area (Å²) in [5.41, 5.74) is 15.1. The van der Waals surface area contributed by atoms with Crippen LogP contribution in [0.2, 0.25) is 0 Å². The summed E-state index contributed by atoms with van der Waals surface area (Å²) in [6, 6.07) is 63.7. The van der Waals surface area contributed by atoms with E-state index in [0.29, 0.717) is 0 Å². The van der Waals surface area contributed by atoms with Crippen LogP contribution in [0.25, 0.3) is 66.1 Å². The van der Waals surface area contributed by atoms with Crippen molar-refractivity contribution in [2.45, 2.75) is 19.3 Å². The van der Waals surface area contributed by atoms with Crippen molar-refractivity contribution in [2.75, 3.05) is 4.90 Å². The maximum atomic E-state index is 6.38. The molecule has 242 valence electrons. The molecule has 0 spiro atoms. The Bertz CT molecular complexity index is 2780. The summed E-state index contributed by atoms with van der Waals surface area (Å²) >= 11 is 0. The molecule has 1 heterocycles. The van der Waals surface area contributed by atoms with Crippen molar-refractivity contribution in [1.82, 2.24) is 0 Å². The van der Waals surface area contributed by atoms with Gasteiger partial charge in [0.1, 0.15) is 11.2 Å². The molecular formula is C49H35NO. The van der Waals surface area contributed by atoms with Crippen LogP contribution in [-0.4, -0.2) is 0 Å². The zero-order valence-electron chi connectivity index (χ0n) is 28.6. The van der Waals surface area contributed by atoms with Gasteiger partial charge in [-0.15, -0.1) is 0 Å². The van der Waals surface area contributed by atoms with Crippen LogP contribution < -0.4 is 4.90 Å². The number of hydrogen-bond acceptors (Lipinski definition) is 2. The molecule has 9 aromatic rings. The van der Waals surface area contributed by atoms with Gasteiger partial charge in [0, 0.05) is 33.0 Å². The van der Waals surface area contributed by atoms with Gasteiger partial charge in [0.25, 0.3) is 0 Å². The van der Waals surface area contributed by atoms with Crippen LogP contribution in [0.4, 0.5) is 17.1 Å². The van der Waals surface area contributed by atoms with E-state index < -0.39 is 0 Å². The zero-order chi connectivity index (χ0) is 34.1. The first-order valence-electron chi connectivity index (χ1n) is 17.7. The number of benzene rings is 8. The van der Waals surface area contributed by atoms with E-state index in [4.69, 9.17) is 4.42 Å². The Hall–Kier alpha value is -6.38. The highest BCUT2D eigenvalue weighted by atomic mass is 16.3. The van der Waals surface area contributed by atoms with Gasteiger partial charge in [-0.25, -0.2) is 0 Å². The predicted molar refractivity (Wildman–Crippen MR) is 214 cm³/mol. The maximum Gasteiger partial charge on any atom is 0.136 e. The molecule has 2 nitrogen and oxygen atoms in total. The third-order valence-corrected chi connectivity index (χ3v) is 10.9. The Balaban J connectivity index is 1.22. The molecule has 51 heavy (non-hydrogen) atoms. The summed E-state index contributed by atoms with van der Waals surface area (Å²) in [6.45, 7) is 4.70. The molecule has 8 aromatic carbocycles. The van der Waals surface area contributed by atoms with Gasteiger partial charge in [-0.2, -0.15) is 0 Å². The van der Waals surface area contributed by atoms with Crippen LogP contribution in [0.3, 0.4) is 0 Å². The number of hydrogen-bond donors (Lipinski definition) is 0. The molecule has 0 unspecified atom stereocenters. The van der Waals surface area contributed by atoms with Gasteiger partial charge in [-0.1, -0.05) is 147 Å². The number of anilines is 3. The lowest BCUT2D eigenvalue weighted by Gasteiger charge is -2.30. The molecule has 0 radical (unpaired) electrons. The summed E-state index contributed by atoms with van der Waals surface area (Å²) in [6.07, 6.45) is 0. The average Bonchev–Trinajstić information content (AvgIpc) is 3.68. The Labute approximate surface area is 297 Å². The Kier molecular flexibility index (Phi) is 6.56. The molecule has 0 saturated carbocycles. The second-order valence-corrected chi connectivity index (χ2v) is 14.1. The molecule has 0 aliphatic heterocycles. The number of nitrogens with zero attached hydrogens (tertiary/aromatic N) is 1. The van der Waals surface area contributed by atoms with E-state index in [1.807, 2.05) is 6.07 Å². The van der Waals surface area contributed by atoms with E-state index >= 15 is 0 Å². The molecule has 2 heteroatoms. The molecule has 0 atom stereocenters. The molecule has 0 bridgehead atoms. The van der Waals surface area contributed by atoms with Crippen molar-refractivity contribution in [3.8, 4) is 33.4 Å². The van der Waals surface area contributed by atoms with Crippen molar-refractivity contribution in [3.05, 3.63) is 187 Å². The predicted octanol–water partition coefficient (Wildman–Crippen LogP) is 13.8. The first kappa shape index (κ1) is 29.5. The Morgan fingerprint density at radius 2 is 1.08 bits per heavy atom. The maximum absolute atomic E-state index is 6.38. The van der Waals surface area contributed by atoms with Crippen LogP contribution >= 0.6 is 0 Å². The van der Waals surface area contributed by atoms with Crippen LogP contribution in [0.1, 0.15) is 25.0 Å². The average molecular weight is 654 g/mol. The Morgan fingerprint density at radius 1 is 0.451 bits per heavy atom. The minimum absolute atomic E-state index is 0.117. The molecule has 0 fully saturated rings. The van der Waals surface area contributed by atoms with Crippen molar-refractivity contribution in [2.24, 2.45) is 0 Å². The normalized spacial score (nSPS) is 13.1. The molecule has 10 rings (SSSR count). The monoisotopic (exact) mass is 653 g/mol. The van der Waals surface area contributed by atoms with Crippen molar-refractivity contribution < 1.29 is 4.42 Å². The second kappa shape index (κ2) is 11.3. The fraction of sp³-hybridized carbons (Fsp3) is 0.0612. The molecular weight excluding hydrogens is 619 g/mol. The summed E-state index contributed by atoms with van der Waals surface area (Å²) in [5, 5.41) is 4.76. The number of fused-ring (bicyclic) bond motifs is 7. The summed E-state index contributed by atoms with van der Waals surface area (Å²) < 4.78 is 6.38. The van der Waals surface area contributed by atoms with Gasteiger partial charge >= 0.3 is 0 Å². The van der Waals surface area contributed by atoms with Crippen LogP contribution in [0, 0.1) is 0 Å². The lowest BCUT2D eigenvalue weighted by Crippen LogP contribution is -2.16. The lowest BCUT2D eigenvalue weighted by molar-refractivity contribution is 0.660. The quantitative estimate of drug-likeness (QED) is 0.184. The summed E-state index contributed by atoms with van der Waals surface area (Å²) in [7, 11) is 0. The zero-order valence-corrected chi connectivity index (χ0v) is 28.6. The first-order chi connectivity index (χ1) is 25.1. The summed E-state index contributed by atoms with van der Waals surface area (Å²) in [4.78, 5) is 2.47. The number of para-hydroxylation sites is 2. The first-order valence-corrected chi connectivity index (χ1v) is 17.7. The highest BCUT2D eigenvalue weighted by Crippen LogP contribution is 2.55. The van der Waals surface area contributed by atoms with Crippen LogP contribution in [0.15, 0.2) is 180 Å². The third-order valence-electron chi connectivity index (χ3n) is 10.9. The van der Waals surface area contributed by atoms with Gasteiger partial charge in [0.15, 0.2) is 0 Å². The van der Waals surface area contributed by atoms with E-state index in [9.17, 15) is 0 Å². The third kappa shape index (κ3) is 4.57. The summed E-state index contributed by atoms with van der Waals surface area (Å²) in [5.74, 6) is 0. The van der Waals surface area contributed by atoms with Crippen molar-refractivity contribution in [1.29, 1.82) is 0 Å². The molecule has 0 amide bonds. The second-order valence-electron chi connectivity index (χ2n) is 14.1. The van der Waals surface area contributed by atoms with E-state index in [0.717, 1.165) is 44.4 Å². The van der Waals surface area contributed by atoms with Crippen molar-refractivity contribution in [3.63, 3.8) is 0 Å². The van der Waals surface area contributed by atoms with E-state index in [-0.39, 0.29) is 5.41 Å². The van der Waals surface area contributed by atoms with Crippen LogP contribution in [0.5, 0.6) is 0 Å². The molecule has 0 N–H and O–H groups in total. The van der Waals surface area contributed by atoms with Crippen LogP contribution in [-0.2, 0) is 5.41 Å². The fourth-order valence-corrected chi connectivity index (χ4v) is 8.40. The van der Waals surface area contributed by atoms with Crippen molar-refractivity contribution >= 4 is 49.8 Å². The van der Waals surface area contributed by atoms with E-state index in [1.54, 1.807) is 0 Å². The SMILES string of the molecule is CC1(C)c2ccccc2-c2c(N(c3ccc(-c4ccc5ccccc5c4)cc3)c3ccccc3-c3cccc4oc5ccccc5c34)cccc21. The molecule has 0 saturated heterocycles. The highest BCUT2D eigenvalue weighted by Gasteiger charge is 2.38. The van der Waals surface area contributed by atoms with Gasteiger partial charge in [0.05, 0.1) is 11.4 Å².